The molecule has 5 heteroatoms. The molecule has 2 aromatic rings. The number of ether oxygens (including phenoxy) is 1. The Hall–Kier alpha value is -2.82. The number of hydrogen-bond acceptors (Lipinski definition) is 3. The van der Waals surface area contributed by atoms with E-state index in [9.17, 15) is 9.59 Å². The van der Waals surface area contributed by atoms with Crippen molar-refractivity contribution in [1.29, 1.82) is 0 Å². The third-order valence-corrected chi connectivity index (χ3v) is 2.89. The normalized spacial score (nSPS) is 9.30. The molecule has 2 N–H and O–H groups in total. The zero-order chi connectivity index (χ0) is 17.1. The van der Waals surface area contributed by atoms with E-state index in [1.54, 1.807) is 31.2 Å². The molecule has 0 bridgehead atoms. The molecule has 2 rings (SSSR count). The molecule has 2 amide bonds. The number of benzene rings is 2. The number of nitrogens with two attached hydrogens (primary N) is 1. The van der Waals surface area contributed by atoms with Gasteiger partial charge in [-0.1, -0.05) is 36.4 Å². The minimum atomic E-state index is -0.935. The summed E-state index contributed by atoms with van der Waals surface area (Å²) in [7, 11) is 0. The second-order valence-electron chi connectivity index (χ2n) is 4.50. The van der Waals surface area contributed by atoms with Crippen LogP contribution >= 0.6 is 0 Å². The molecule has 5 nitrogen and oxygen atoms in total. The van der Waals surface area contributed by atoms with Gasteiger partial charge in [0.25, 0.3) is 0 Å². The first-order chi connectivity index (χ1) is 11.1. The van der Waals surface area contributed by atoms with Crippen LogP contribution in [0.25, 0.3) is 0 Å². The molecule has 0 heterocycles. The predicted octanol–water partition coefficient (Wildman–Crippen LogP) is 2.61. The summed E-state index contributed by atoms with van der Waals surface area (Å²) < 4.78 is 5.21. The van der Waals surface area contributed by atoms with E-state index >= 15 is 0 Å². The number of amides is 2. The van der Waals surface area contributed by atoms with Crippen molar-refractivity contribution < 1.29 is 14.3 Å². The van der Waals surface area contributed by atoms with Gasteiger partial charge in [-0.25, -0.2) is 0 Å². The standard InChI is InChI=1S/C10H12N2O2.C8H10O/c1-2-12(10(14)9(11)13)8-6-4-3-5-7-8;1-2-9-8-6-4-3-5-7-8/h3-7H,2H2,1H3,(H2,11,13);3-7H,2H2,1H3. The molecule has 23 heavy (non-hydrogen) atoms. The lowest BCUT2D eigenvalue weighted by Gasteiger charge is -2.18. The van der Waals surface area contributed by atoms with Crippen LogP contribution < -0.4 is 15.4 Å². The number of carbonyl (C=O) groups is 2. The largest absolute Gasteiger partial charge is 0.494 e. The van der Waals surface area contributed by atoms with Crippen LogP contribution in [0.5, 0.6) is 5.75 Å². The highest BCUT2D eigenvalue weighted by Crippen LogP contribution is 2.12. The van der Waals surface area contributed by atoms with Crippen LogP contribution in [0.1, 0.15) is 13.8 Å². The van der Waals surface area contributed by atoms with E-state index < -0.39 is 11.8 Å². The third kappa shape index (κ3) is 6.22. The van der Waals surface area contributed by atoms with Crippen molar-refractivity contribution in [3.05, 3.63) is 60.7 Å². The molecule has 0 aliphatic rings. The summed E-state index contributed by atoms with van der Waals surface area (Å²) >= 11 is 0. The van der Waals surface area contributed by atoms with Crippen molar-refractivity contribution in [1.82, 2.24) is 0 Å². The molecule has 0 radical (unpaired) electrons. The van der Waals surface area contributed by atoms with E-state index in [4.69, 9.17) is 10.5 Å². The van der Waals surface area contributed by atoms with E-state index in [0.29, 0.717) is 12.2 Å². The first-order valence-corrected chi connectivity index (χ1v) is 7.44. The topological polar surface area (TPSA) is 72.6 Å². The molecule has 0 unspecified atom stereocenters. The highest BCUT2D eigenvalue weighted by Gasteiger charge is 2.18. The van der Waals surface area contributed by atoms with Gasteiger partial charge in [0.2, 0.25) is 0 Å². The van der Waals surface area contributed by atoms with E-state index in [1.807, 2.05) is 43.3 Å². The van der Waals surface area contributed by atoms with Crippen LogP contribution in [-0.4, -0.2) is 25.0 Å². The van der Waals surface area contributed by atoms with Crippen LogP contribution in [0.15, 0.2) is 60.7 Å². The zero-order valence-corrected chi connectivity index (χ0v) is 13.4. The smallest absolute Gasteiger partial charge is 0.316 e. The van der Waals surface area contributed by atoms with Crippen LogP contribution in [0.2, 0.25) is 0 Å². The number of likely N-dealkylation sites (N-methyl/N-ethyl adjacent to an activating group) is 1. The second-order valence-corrected chi connectivity index (χ2v) is 4.50. The van der Waals surface area contributed by atoms with Crippen molar-refractivity contribution in [2.75, 3.05) is 18.1 Å². The minimum absolute atomic E-state index is 0.422. The molecule has 0 spiro atoms. The molecule has 0 saturated carbocycles. The van der Waals surface area contributed by atoms with Crippen molar-refractivity contribution >= 4 is 17.5 Å². The van der Waals surface area contributed by atoms with Gasteiger partial charge in [0, 0.05) is 12.2 Å². The van der Waals surface area contributed by atoms with Crippen LogP contribution in [0.4, 0.5) is 5.69 Å². The van der Waals surface area contributed by atoms with Crippen molar-refractivity contribution in [2.24, 2.45) is 5.73 Å². The van der Waals surface area contributed by atoms with Gasteiger partial charge >= 0.3 is 11.8 Å². The van der Waals surface area contributed by atoms with E-state index in [1.165, 1.54) is 4.90 Å². The lowest BCUT2D eigenvalue weighted by atomic mass is 10.3. The van der Waals surface area contributed by atoms with Gasteiger partial charge in [-0.3, -0.25) is 9.59 Å². The number of carbonyl (C=O) groups excluding carboxylic acids is 2. The number of nitrogens with zero attached hydrogens (tertiary/aromatic N) is 1. The predicted molar refractivity (Wildman–Crippen MR) is 91.3 cm³/mol. The summed E-state index contributed by atoms with van der Waals surface area (Å²) in [6.45, 7) is 4.93. The minimum Gasteiger partial charge on any atom is -0.494 e. The van der Waals surface area contributed by atoms with Crippen LogP contribution in [0, 0.1) is 0 Å². The van der Waals surface area contributed by atoms with Crippen molar-refractivity contribution in [3.8, 4) is 5.75 Å². The van der Waals surface area contributed by atoms with Gasteiger partial charge in [0.15, 0.2) is 0 Å². The van der Waals surface area contributed by atoms with Gasteiger partial charge in [-0.2, -0.15) is 0 Å². The number of hydrogen-bond donors (Lipinski definition) is 1. The monoisotopic (exact) mass is 314 g/mol. The van der Waals surface area contributed by atoms with Gasteiger partial charge in [-0.05, 0) is 38.1 Å². The first-order valence-electron chi connectivity index (χ1n) is 7.44. The van der Waals surface area contributed by atoms with Gasteiger partial charge in [0.1, 0.15) is 5.75 Å². The molecule has 0 aliphatic heterocycles. The Morgan fingerprint density at radius 1 is 0.957 bits per heavy atom. The molecular weight excluding hydrogens is 292 g/mol. The van der Waals surface area contributed by atoms with Crippen molar-refractivity contribution in [3.63, 3.8) is 0 Å². The van der Waals surface area contributed by atoms with Gasteiger partial charge in [-0.15, -0.1) is 0 Å². The first kappa shape index (κ1) is 18.2. The molecule has 0 aromatic heterocycles. The van der Waals surface area contributed by atoms with Crippen LogP contribution in [0.3, 0.4) is 0 Å². The SMILES string of the molecule is CCN(C(=O)C(N)=O)c1ccccc1.CCOc1ccccc1. The Kier molecular flexibility index (Phi) is 7.92. The fourth-order valence-corrected chi connectivity index (χ4v) is 1.87. The fraction of sp³-hybridized carbons (Fsp3) is 0.222. The average molecular weight is 314 g/mol. The number of anilines is 1. The molecule has 0 atom stereocenters. The molecule has 2 aromatic carbocycles. The number of primary amides is 1. The van der Waals surface area contributed by atoms with Gasteiger partial charge in [0.05, 0.1) is 6.61 Å². The summed E-state index contributed by atoms with van der Waals surface area (Å²) in [6.07, 6.45) is 0. The maximum absolute atomic E-state index is 11.3. The van der Waals surface area contributed by atoms with E-state index in [-0.39, 0.29) is 0 Å². The summed E-state index contributed by atoms with van der Waals surface area (Å²) in [6, 6.07) is 18.7. The fourth-order valence-electron chi connectivity index (χ4n) is 1.87. The Morgan fingerprint density at radius 3 is 1.91 bits per heavy atom. The third-order valence-electron chi connectivity index (χ3n) is 2.89. The Morgan fingerprint density at radius 2 is 1.48 bits per heavy atom. The molecule has 0 fully saturated rings. The number of para-hydroxylation sites is 2. The summed E-state index contributed by atoms with van der Waals surface area (Å²) in [5.41, 5.74) is 5.60. The maximum Gasteiger partial charge on any atom is 0.316 e. The van der Waals surface area contributed by atoms with Crippen LogP contribution in [-0.2, 0) is 9.59 Å². The molecular formula is C18H22N2O3. The quantitative estimate of drug-likeness (QED) is 0.882. The lowest BCUT2D eigenvalue weighted by molar-refractivity contribution is -0.135. The van der Waals surface area contributed by atoms with E-state index in [0.717, 1.165) is 12.4 Å². The second kappa shape index (κ2) is 10.00. The average Bonchev–Trinajstić information content (AvgIpc) is 2.58. The summed E-state index contributed by atoms with van der Waals surface area (Å²) in [5, 5.41) is 0. The summed E-state index contributed by atoms with van der Waals surface area (Å²) in [4.78, 5) is 23.4. The Labute approximate surface area is 136 Å². The molecule has 0 aliphatic carbocycles. The number of rotatable bonds is 4. The molecule has 122 valence electrons. The lowest BCUT2D eigenvalue weighted by Crippen LogP contribution is -2.40. The highest BCUT2D eigenvalue weighted by molar-refractivity contribution is 6.39. The Balaban J connectivity index is 0.000000253. The van der Waals surface area contributed by atoms with Gasteiger partial charge < -0.3 is 15.4 Å². The molecule has 0 saturated heterocycles. The van der Waals surface area contributed by atoms with E-state index in [2.05, 4.69) is 0 Å². The highest BCUT2D eigenvalue weighted by atomic mass is 16.5. The summed E-state index contributed by atoms with van der Waals surface area (Å²) in [5.74, 6) is -0.672. The maximum atomic E-state index is 11.3. The van der Waals surface area contributed by atoms with Crippen molar-refractivity contribution in [2.45, 2.75) is 13.8 Å². The zero-order valence-electron chi connectivity index (χ0n) is 13.4. The Bertz CT molecular complexity index is 600.